The number of benzene rings is 1. The molecule has 1 aromatic heterocycles. The topological polar surface area (TPSA) is 88.3 Å². The van der Waals surface area contributed by atoms with Crippen molar-refractivity contribution in [2.75, 3.05) is 13.1 Å². The van der Waals surface area contributed by atoms with E-state index in [1.165, 1.54) is 33.1 Å². The average molecular weight is 340 g/mol. The molecule has 7 heteroatoms. The first-order valence-corrected chi connectivity index (χ1v) is 8.11. The predicted molar refractivity (Wildman–Crippen MR) is 92.1 cm³/mol. The Hall–Kier alpha value is -2.96. The third kappa shape index (κ3) is 3.93. The molecule has 0 saturated heterocycles. The number of hydrogen-bond donors (Lipinski definition) is 1. The van der Waals surface area contributed by atoms with Gasteiger partial charge in [0.05, 0.1) is 6.20 Å². The van der Waals surface area contributed by atoms with E-state index in [-0.39, 0.29) is 18.1 Å². The molecule has 0 unspecified atom stereocenters. The number of carbonyl (C=O) groups is 2. The van der Waals surface area contributed by atoms with Gasteiger partial charge in [0.1, 0.15) is 6.54 Å². The van der Waals surface area contributed by atoms with Crippen LogP contribution < -0.4 is 0 Å². The van der Waals surface area contributed by atoms with E-state index >= 15 is 0 Å². The highest BCUT2D eigenvalue weighted by atomic mass is 16.4. The van der Waals surface area contributed by atoms with Crippen LogP contribution in [0.2, 0.25) is 0 Å². The molecule has 1 aliphatic heterocycles. The fourth-order valence-electron chi connectivity index (χ4n) is 3.03. The number of aryl methyl sites for hydroxylation is 2. The molecule has 2 heterocycles. The number of nitrogens with zero attached hydrogens (tertiary/aromatic N) is 4. The van der Waals surface area contributed by atoms with Gasteiger partial charge < -0.3 is 10.0 Å². The molecule has 1 N–H and O–H groups in total. The lowest BCUT2D eigenvalue weighted by Gasteiger charge is -2.27. The minimum absolute atomic E-state index is 0.00694. The molecule has 1 amide bonds. The lowest BCUT2D eigenvalue weighted by Crippen LogP contribution is -2.37. The summed E-state index contributed by atoms with van der Waals surface area (Å²) in [7, 11) is 0. The van der Waals surface area contributed by atoms with Crippen molar-refractivity contribution in [1.82, 2.24) is 19.9 Å². The lowest BCUT2D eigenvalue weighted by atomic mass is 9.96. The molecule has 1 aromatic carbocycles. The van der Waals surface area contributed by atoms with Crippen LogP contribution >= 0.6 is 0 Å². The third-order valence-corrected chi connectivity index (χ3v) is 4.21. The summed E-state index contributed by atoms with van der Waals surface area (Å²) < 4.78 is 1.26. The lowest BCUT2D eigenvalue weighted by molar-refractivity contribution is -0.131. The smallest absolute Gasteiger partial charge is 0.358 e. The Morgan fingerprint density at radius 1 is 1.20 bits per heavy atom. The summed E-state index contributed by atoms with van der Waals surface area (Å²) in [5, 5.41) is 16.0. The molecule has 3 rings (SSSR count). The average Bonchev–Trinajstić information content (AvgIpc) is 3.03. The van der Waals surface area contributed by atoms with Crippen LogP contribution in [-0.2, 0) is 11.3 Å². The Bertz CT molecular complexity index is 834. The van der Waals surface area contributed by atoms with Crippen LogP contribution in [0.3, 0.4) is 0 Å². The molecule has 0 fully saturated rings. The second-order valence-electron chi connectivity index (χ2n) is 6.30. The van der Waals surface area contributed by atoms with Gasteiger partial charge in [0, 0.05) is 13.1 Å². The SMILES string of the molecule is Cc1cc(C)cc(C2=CCN(C(=O)Cn3cc(C(=O)O)nn3)CC2)c1. The van der Waals surface area contributed by atoms with Crippen molar-refractivity contribution in [2.24, 2.45) is 0 Å². The van der Waals surface area contributed by atoms with Crippen LogP contribution in [0, 0.1) is 13.8 Å². The first-order valence-electron chi connectivity index (χ1n) is 8.11. The number of hydrogen-bond acceptors (Lipinski definition) is 4. The van der Waals surface area contributed by atoms with Gasteiger partial charge >= 0.3 is 5.97 Å². The molecule has 7 nitrogen and oxygen atoms in total. The fourth-order valence-corrected chi connectivity index (χ4v) is 3.03. The van der Waals surface area contributed by atoms with E-state index in [1.54, 1.807) is 4.90 Å². The highest BCUT2D eigenvalue weighted by Crippen LogP contribution is 2.24. The van der Waals surface area contributed by atoms with Crippen molar-refractivity contribution in [2.45, 2.75) is 26.8 Å². The number of aromatic carboxylic acids is 1. The van der Waals surface area contributed by atoms with Gasteiger partial charge in [-0.15, -0.1) is 5.10 Å². The molecule has 0 aliphatic carbocycles. The van der Waals surface area contributed by atoms with Crippen LogP contribution in [-0.4, -0.2) is 50.0 Å². The Kier molecular flexibility index (Phi) is 4.65. The van der Waals surface area contributed by atoms with E-state index in [0.29, 0.717) is 13.1 Å². The largest absolute Gasteiger partial charge is 0.476 e. The molecule has 2 aromatic rings. The van der Waals surface area contributed by atoms with Gasteiger partial charge in [-0.3, -0.25) is 4.79 Å². The summed E-state index contributed by atoms with van der Waals surface area (Å²) in [6.07, 6.45) is 4.15. The quantitative estimate of drug-likeness (QED) is 0.918. The summed E-state index contributed by atoms with van der Waals surface area (Å²) in [5.74, 6) is -1.25. The van der Waals surface area contributed by atoms with E-state index in [1.807, 2.05) is 0 Å². The number of carboxylic acids is 1. The van der Waals surface area contributed by atoms with Crippen LogP contribution in [0.1, 0.15) is 33.6 Å². The number of aromatic nitrogens is 3. The van der Waals surface area contributed by atoms with Gasteiger partial charge in [-0.1, -0.05) is 40.6 Å². The number of carboxylic acid groups (broad SMARTS) is 1. The van der Waals surface area contributed by atoms with E-state index in [4.69, 9.17) is 5.11 Å². The van der Waals surface area contributed by atoms with E-state index in [9.17, 15) is 9.59 Å². The fraction of sp³-hybridized carbons (Fsp3) is 0.333. The molecular weight excluding hydrogens is 320 g/mol. The number of amides is 1. The first kappa shape index (κ1) is 16.9. The van der Waals surface area contributed by atoms with Gasteiger partial charge in [0.2, 0.25) is 5.91 Å². The Balaban J connectivity index is 1.65. The Morgan fingerprint density at radius 3 is 2.48 bits per heavy atom. The molecule has 1 aliphatic rings. The number of carbonyl (C=O) groups excluding carboxylic acids is 1. The summed E-state index contributed by atoms with van der Waals surface area (Å²) in [5.41, 5.74) is 4.77. The summed E-state index contributed by atoms with van der Waals surface area (Å²) in [6, 6.07) is 6.48. The maximum atomic E-state index is 12.4. The zero-order valence-corrected chi connectivity index (χ0v) is 14.3. The zero-order valence-electron chi connectivity index (χ0n) is 14.3. The van der Waals surface area contributed by atoms with Crippen LogP contribution in [0.4, 0.5) is 0 Å². The second kappa shape index (κ2) is 6.88. The van der Waals surface area contributed by atoms with Gasteiger partial charge in [-0.25, -0.2) is 9.48 Å². The standard InChI is InChI=1S/C18H20N4O3/c1-12-7-13(2)9-15(8-12)14-3-5-21(6-4-14)17(23)11-22-10-16(18(24)25)19-20-22/h3,7-10H,4-6,11H2,1-2H3,(H,24,25). The zero-order chi connectivity index (χ0) is 18.0. The molecular formula is C18H20N4O3. The van der Waals surface area contributed by atoms with Crippen molar-refractivity contribution in [3.05, 3.63) is 52.9 Å². The molecule has 0 saturated carbocycles. The van der Waals surface area contributed by atoms with Crippen molar-refractivity contribution in [3.8, 4) is 0 Å². The highest BCUT2D eigenvalue weighted by Gasteiger charge is 2.19. The molecule has 130 valence electrons. The summed E-state index contributed by atoms with van der Waals surface area (Å²) in [6.45, 7) is 5.34. The number of rotatable bonds is 4. The van der Waals surface area contributed by atoms with Crippen molar-refractivity contribution in [3.63, 3.8) is 0 Å². The minimum Gasteiger partial charge on any atom is -0.476 e. The molecule has 0 atom stereocenters. The Labute approximate surface area is 145 Å². The predicted octanol–water partition coefficient (Wildman–Crippen LogP) is 1.91. The van der Waals surface area contributed by atoms with Gasteiger partial charge in [-0.2, -0.15) is 0 Å². The highest BCUT2D eigenvalue weighted by molar-refractivity contribution is 5.85. The van der Waals surface area contributed by atoms with Gasteiger partial charge in [0.25, 0.3) is 0 Å². The maximum absolute atomic E-state index is 12.4. The van der Waals surface area contributed by atoms with Gasteiger partial charge in [-0.05, 0) is 31.4 Å². The van der Waals surface area contributed by atoms with Crippen LogP contribution in [0.15, 0.2) is 30.5 Å². The van der Waals surface area contributed by atoms with Crippen molar-refractivity contribution < 1.29 is 14.7 Å². The summed E-state index contributed by atoms with van der Waals surface area (Å²) >= 11 is 0. The monoisotopic (exact) mass is 340 g/mol. The molecule has 0 spiro atoms. The molecule has 0 bridgehead atoms. The van der Waals surface area contributed by atoms with E-state index in [2.05, 4.69) is 48.4 Å². The first-order chi connectivity index (χ1) is 11.9. The van der Waals surface area contributed by atoms with Crippen molar-refractivity contribution >= 4 is 17.4 Å². The van der Waals surface area contributed by atoms with Crippen LogP contribution in [0.25, 0.3) is 5.57 Å². The summed E-state index contributed by atoms with van der Waals surface area (Å²) in [4.78, 5) is 24.9. The van der Waals surface area contributed by atoms with Crippen molar-refractivity contribution in [1.29, 1.82) is 0 Å². The molecule has 25 heavy (non-hydrogen) atoms. The minimum atomic E-state index is -1.15. The van der Waals surface area contributed by atoms with Gasteiger partial charge in [0.15, 0.2) is 5.69 Å². The van der Waals surface area contributed by atoms with Crippen LogP contribution in [0.5, 0.6) is 0 Å². The normalized spacial score (nSPS) is 14.3. The Morgan fingerprint density at radius 2 is 1.92 bits per heavy atom. The third-order valence-electron chi connectivity index (χ3n) is 4.21. The maximum Gasteiger partial charge on any atom is 0.358 e. The van der Waals surface area contributed by atoms with E-state index in [0.717, 1.165) is 6.42 Å². The molecule has 0 radical (unpaired) electrons. The van der Waals surface area contributed by atoms with E-state index < -0.39 is 5.97 Å². The second-order valence-corrected chi connectivity index (χ2v) is 6.30.